The van der Waals surface area contributed by atoms with Crippen LogP contribution in [0.15, 0.2) is 23.0 Å². The fraction of sp³-hybridized carbons (Fsp3) is 0.471. The van der Waals surface area contributed by atoms with E-state index in [9.17, 15) is 9.90 Å². The molecule has 0 fully saturated rings. The Hall–Kier alpha value is -2.17. The number of fused-ring (bicyclic) bond motifs is 1. The zero-order chi connectivity index (χ0) is 16.1. The number of rotatable bonds is 7. The van der Waals surface area contributed by atoms with Crippen LogP contribution in [0, 0.1) is 0 Å². The van der Waals surface area contributed by atoms with E-state index in [0.717, 1.165) is 25.7 Å². The Morgan fingerprint density at radius 2 is 2.00 bits per heavy atom. The summed E-state index contributed by atoms with van der Waals surface area (Å²) < 4.78 is 7.22. The Labute approximate surface area is 130 Å². The first-order chi connectivity index (χ1) is 10.6. The predicted octanol–water partition coefficient (Wildman–Crippen LogP) is 3.27. The van der Waals surface area contributed by atoms with Crippen LogP contribution in [-0.4, -0.2) is 16.3 Å². The van der Waals surface area contributed by atoms with Gasteiger partial charge in [0.1, 0.15) is 0 Å². The van der Waals surface area contributed by atoms with Gasteiger partial charge in [-0.3, -0.25) is 4.79 Å². The third kappa shape index (κ3) is 3.18. The van der Waals surface area contributed by atoms with E-state index in [4.69, 9.17) is 10.5 Å². The van der Waals surface area contributed by atoms with Gasteiger partial charge in [-0.2, -0.15) is 0 Å². The van der Waals surface area contributed by atoms with Crippen molar-refractivity contribution in [2.45, 2.75) is 46.1 Å². The summed E-state index contributed by atoms with van der Waals surface area (Å²) in [7, 11) is 0. The normalized spacial score (nSPS) is 11.0. The number of hydrogen-bond acceptors (Lipinski definition) is 4. The third-order valence-corrected chi connectivity index (χ3v) is 3.78. The lowest BCUT2D eigenvalue weighted by atomic mass is 10.1. The second-order valence-corrected chi connectivity index (χ2v) is 5.41. The lowest BCUT2D eigenvalue weighted by Gasteiger charge is -2.15. The lowest BCUT2D eigenvalue weighted by molar-refractivity contribution is 0.290. The van der Waals surface area contributed by atoms with Crippen molar-refractivity contribution in [1.29, 1.82) is 0 Å². The molecule has 0 radical (unpaired) electrons. The molecule has 1 aromatic heterocycles. The molecule has 0 atom stereocenters. The van der Waals surface area contributed by atoms with Gasteiger partial charge in [0.25, 0.3) is 5.56 Å². The molecule has 0 aliphatic carbocycles. The van der Waals surface area contributed by atoms with Crippen molar-refractivity contribution in [3.8, 4) is 11.5 Å². The Kier molecular flexibility index (Phi) is 5.31. The minimum atomic E-state index is -0.441. The van der Waals surface area contributed by atoms with Crippen LogP contribution in [0.25, 0.3) is 10.9 Å². The van der Waals surface area contributed by atoms with Crippen molar-refractivity contribution in [1.82, 2.24) is 4.57 Å². The van der Waals surface area contributed by atoms with Crippen molar-refractivity contribution in [3.63, 3.8) is 0 Å². The number of aromatic nitrogens is 1. The van der Waals surface area contributed by atoms with Crippen LogP contribution in [0.5, 0.6) is 11.5 Å². The van der Waals surface area contributed by atoms with Crippen molar-refractivity contribution in [3.05, 3.63) is 28.6 Å². The first-order valence-corrected chi connectivity index (χ1v) is 7.87. The van der Waals surface area contributed by atoms with Gasteiger partial charge in [0.15, 0.2) is 5.75 Å². The van der Waals surface area contributed by atoms with Crippen molar-refractivity contribution in [2.75, 3.05) is 12.3 Å². The molecule has 0 bridgehead atoms. The largest absolute Gasteiger partial charge is 0.500 e. The Bertz CT molecular complexity index is 707. The summed E-state index contributed by atoms with van der Waals surface area (Å²) in [5.74, 6) is -0.0594. The van der Waals surface area contributed by atoms with Crippen LogP contribution in [0.3, 0.4) is 0 Å². The molecule has 22 heavy (non-hydrogen) atoms. The molecular formula is C17H24N2O3. The number of aromatic hydroxyl groups is 1. The SMILES string of the molecule is CCCCCCOc1c(O)c(=O)n(CC)c2cc(N)ccc12. The molecule has 5 heteroatoms. The summed E-state index contributed by atoms with van der Waals surface area (Å²) in [6.07, 6.45) is 4.29. The lowest BCUT2D eigenvalue weighted by Crippen LogP contribution is -2.20. The number of nitrogens with zero attached hydrogens (tertiary/aromatic N) is 1. The topological polar surface area (TPSA) is 77.5 Å². The van der Waals surface area contributed by atoms with Crippen LogP contribution in [0.4, 0.5) is 5.69 Å². The van der Waals surface area contributed by atoms with E-state index in [1.54, 1.807) is 18.2 Å². The number of anilines is 1. The summed E-state index contributed by atoms with van der Waals surface area (Å²) in [5.41, 5.74) is 6.65. The van der Waals surface area contributed by atoms with E-state index in [1.165, 1.54) is 4.57 Å². The maximum absolute atomic E-state index is 12.3. The van der Waals surface area contributed by atoms with Gasteiger partial charge in [-0.05, 0) is 31.5 Å². The summed E-state index contributed by atoms with van der Waals surface area (Å²) in [6, 6.07) is 5.27. The smallest absolute Gasteiger partial charge is 0.297 e. The molecule has 1 aromatic carbocycles. The van der Waals surface area contributed by atoms with Crippen molar-refractivity contribution in [2.24, 2.45) is 0 Å². The number of nitrogen functional groups attached to an aromatic ring is 1. The molecule has 0 saturated carbocycles. The van der Waals surface area contributed by atoms with E-state index in [1.807, 2.05) is 6.92 Å². The Morgan fingerprint density at radius 3 is 2.68 bits per heavy atom. The van der Waals surface area contributed by atoms with E-state index in [0.29, 0.717) is 29.7 Å². The number of hydrogen-bond donors (Lipinski definition) is 2. The first kappa shape index (κ1) is 16.2. The highest BCUT2D eigenvalue weighted by molar-refractivity contribution is 5.89. The quantitative estimate of drug-likeness (QED) is 0.608. The fourth-order valence-corrected chi connectivity index (χ4v) is 2.59. The van der Waals surface area contributed by atoms with Crippen molar-refractivity contribution < 1.29 is 9.84 Å². The molecule has 0 aliphatic rings. The monoisotopic (exact) mass is 304 g/mol. The summed E-state index contributed by atoms with van der Waals surface area (Å²) >= 11 is 0. The van der Waals surface area contributed by atoms with Gasteiger partial charge in [-0.15, -0.1) is 0 Å². The maximum atomic E-state index is 12.3. The highest BCUT2D eigenvalue weighted by Crippen LogP contribution is 2.33. The van der Waals surface area contributed by atoms with Gasteiger partial charge >= 0.3 is 0 Å². The van der Waals surface area contributed by atoms with Crippen LogP contribution < -0.4 is 16.0 Å². The Morgan fingerprint density at radius 1 is 1.23 bits per heavy atom. The van der Waals surface area contributed by atoms with Gasteiger partial charge < -0.3 is 20.1 Å². The standard InChI is InChI=1S/C17H24N2O3/c1-3-5-6-7-10-22-16-13-9-8-12(18)11-14(13)19(4-2)17(21)15(16)20/h8-9,11,20H,3-7,10,18H2,1-2H3. The summed E-state index contributed by atoms with van der Waals surface area (Å²) in [6.45, 7) is 4.95. The number of unbranched alkanes of at least 4 members (excludes halogenated alkanes) is 3. The summed E-state index contributed by atoms with van der Waals surface area (Å²) in [4.78, 5) is 12.3. The molecule has 3 N–H and O–H groups in total. The molecule has 0 saturated heterocycles. The number of ether oxygens (including phenoxy) is 1. The molecule has 0 aliphatic heterocycles. The van der Waals surface area contributed by atoms with Crippen LogP contribution in [0.2, 0.25) is 0 Å². The number of nitrogens with two attached hydrogens (primary N) is 1. The summed E-state index contributed by atoms with van der Waals surface area (Å²) in [5, 5.41) is 10.9. The minimum absolute atomic E-state index is 0.265. The van der Waals surface area contributed by atoms with Gasteiger partial charge in [0.05, 0.1) is 12.1 Å². The average molecular weight is 304 g/mol. The molecular weight excluding hydrogens is 280 g/mol. The molecule has 2 aromatic rings. The second kappa shape index (κ2) is 7.20. The highest BCUT2D eigenvalue weighted by atomic mass is 16.5. The van der Waals surface area contributed by atoms with E-state index in [2.05, 4.69) is 6.92 Å². The maximum Gasteiger partial charge on any atom is 0.297 e. The highest BCUT2D eigenvalue weighted by Gasteiger charge is 2.16. The van der Waals surface area contributed by atoms with Gasteiger partial charge in [0, 0.05) is 17.6 Å². The van der Waals surface area contributed by atoms with E-state index < -0.39 is 5.56 Å². The molecule has 2 rings (SSSR count). The molecule has 5 nitrogen and oxygen atoms in total. The van der Waals surface area contributed by atoms with Crippen LogP contribution >= 0.6 is 0 Å². The number of pyridine rings is 1. The van der Waals surface area contributed by atoms with E-state index >= 15 is 0 Å². The number of aryl methyl sites for hydroxylation is 1. The molecule has 0 spiro atoms. The van der Waals surface area contributed by atoms with Crippen LogP contribution in [-0.2, 0) is 6.54 Å². The number of benzene rings is 1. The third-order valence-electron chi connectivity index (χ3n) is 3.78. The zero-order valence-corrected chi connectivity index (χ0v) is 13.3. The van der Waals surface area contributed by atoms with Crippen molar-refractivity contribution >= 4 is 16.6 Å². The molecule has 0 amide bonds. The molecule has 120 valence electrons. The minimum Gasteiger partial charge on any atom is -0.500 e. The van der Waals surface area contributed by atoms with Gasteiger partial charge in [-0.1, -0.05) is 26.2 Å². The first-order valence-electron chi connectivity index (χ1n) is 7.87. The van der Waals surface area contributed by atoms with Gasteiger partial charge in [-0.25, -0.2) is 0 Å². The second-order valence-electron chi connectivity index (χ2n) is 5.41. The average Bonchev–Trinajstić information content (AvgIpc) is 2.51. The molecule has 0 unspecified atom stereocenters. The van der Waals surface area contributed by atoms with E-state index in [-0.39, 0.29) is 11.5 Å². The van der Waals surface area contributed by atoms with Gasteiger partial charge in [0.2, 0.25) is 5.75 Å². The predicted molar refractivity (Wildman–Crippen MR) is 89.6 cm³/mol. The molecule has 1 heterocycles. The fourth-order valence-electron chi connectivity index (χ4n) is 2.59. The van der Waals surface area contributed by atoms with Crippen LogP contribution in [0.1, 0.15) is 39.5 Å². The Balaban J connectivity index is 2.41. The zero-order valence-electron chi connectivity index (χ0n) is 13.3.